The van der Waals surface area contributed by atoms with Crippen LogP contribution in [0.15, 0.2) is 29.3 Å². The summed E-state index contributed by atoms with van der Waals surface area (Å²) >= 11 is 0. The number of hydrogen-bond acceptors (Lipinski definition) is 5. The lowest BCUT2D eigenvalue weighted by Gasteiger charge is -2.32. The first kappa shape index (κ1) is 25.6. The molecule has 0 saturated carbocycles. The quantitative estimate of drug-likeness (QED) is 0.267. The van der Waals surface area contributed by atoms with Crippen molar-refractivity contribution < 1.29 is 9.47 Å². The predicted molar refractivity (Wildman–Crippen MR) is 129 cm³/mol. The minimum Gasteiger partial charge on any atom is -0.379 e. The first-order valence-corrected chi connectivity index (χ1v) is 11.9. The fraction of sp³-hybridized carbons (Fsp3) is 0.708. The van der Waals surface area contributed by atoms with Crippen molar-refractivity contribution in [1.29, 1.82) is 0 Å². The number of hydrogen-bond donors (Lipinski definition) is 2. The number of nitrogens with zero attached hydrogens (tertiary/aromatic N) is 3. The Balaban J connectivity index is 1.66. The van der Waals surface area contributed by atoms with Gasteiger partial charge >= 0.3 is 0 Å². The molecule has 1 aliphatic heterocycles. The maximum Gasteiger partial charge on any atom is 0.191 e. The van der Waals surface area contributed by atoms with Crippen LogP contribution in [0.2, 0.25) is 0 Å². The highest BCUT2D eigenvalue weighted by Crippen LogP contribution is 2.10. The number of nitrogens with one attached hydrogen (secondary N) is 2. The van der Waals surface area contributed by atoms with Gasteiger partial charge in [-0.05, 0) is 31.5 Å². The maximum absolute atomic E-state index is 5.61. The molecule has 1 aliphatic rings. The Morgan fingerprint density at radius 3 is 2.26 bits per heavy atom. The van der Waals surface area contributed by atoms with Crippen molar-refractivity contribution >= 4 is 5.96 Å². The minimum atomic E-state index is 0.638. The predicted octanol–water partition coefficient (Wildman–Crippen LogP) is 2.32. The summed E-state index contributed by atoms with van der Waals surface area (Å²) < 4.78 is 11.1. The molecule has 2 rings (SSSR count). The molecule has 1 saturated heterocycles. The Morgan fingerprint density at radius 1 is 0.903 bits per heavy atom. The Bertz CT molecular complexity index is 600. The van der Waals surface area contributed by atoms with Crippen molar-refractivity contribution in [1.82, 2.24) is 20.4 Å². The fourth-order valence-corrected chi connectivity index (χ4v) is 3.34. The highest BCUT2D eigenvalue weighted by atomic mass is 16.5. The average Bonchev–Trinajstić information content (AvgIpc) is 2.79. The number of rotatable bonds is 14. The van der Waals surface area contributed by atoms with Gasteiger partial charge in [0.2, 0.25) is 0 Å². The van der Waals surface area contributed by atoms with E-state index >= 15 is 0 Å². The molecule has 0 spiro atoms. The largest absolute Gasteiger partial charge is 0.379 e. The molecule has 176 valence electrons. The first-order valence-electron chi connectivity index (χ1n) is 11.9. The van der Waals surface area contributed by atoms with Crippen LogP contribution in [0.3, 0.4) is 0 Å². The van der Waals surface area contributed by atoms with Crippen molar-refractivity contribution in [2.45, 2.75) is 39.8 Å². The summed E-state index contributed by atoms with van der Waals surface area (Å²) in [5.74, 6) is 0.826. The van der Waals surface area contributed by atoms with E-state index in [0.717, 1.165) is 71.2 Å². The second-order valence-electron chi connectivity index (χ2n) is 8.10. The summed E-state index contributed by atoms with van der Waals surface area (Å²) in [5.41, 5.74) is 2.60. The van der Waals surface area contributed by atoms with Crippen LogP contribution in [0.25, 0.3) is 0 Å². The second kappa shape index (κ2) is 16.0. The van der Waals surface area contributed by atoms with Crippen molar-refractivity contribution in [2.75, 3.05) is 72.7 Å². The molecular weight excluding hydrogens is 390 g/mol. The number of unbranched alkanes of at least 4 members (excludes halogenated alkanes) is 1. The number of ether oxygens (including phenoxy) is 2. The molecule has 1 aromatic rings. The van der Waals surface area contributed by atoms with Crippen LogP contribution in [0, 0.1) is 0 Å². The smallest absolute Gasteiger partial charge is 0.191 e. The van der Waals surface area contributed by atoms with Crippen LogP contribution >= 0.6 is 0 Å². The van der Waals surface area contributed by atoms with E-state index in [4.69, 9.17) is 14.5 Å². The van der Waals surface area contributed by atoms with Gasteiger partial charge in [-0.1, -0.05) is 37.6 Å². The average molecular weight is 434 g/mol. The summed E-state index contributed by atoms with van der Waals surface area (Å²) in [6.07, 6.45) is 2.28. The Morgan fingerprint density at radius 2 is 1.58 bits per heavy atom. The zero-order valence-corrected chi connectivity index (χ0v) is 19.9. The van der Waals surface area contributed by atoms with Crippen molar-refractivity contribution in [2.24, 2.45) is 4.99 Å². The maximum atomic E-state index is 5.61. The number of aliphatic imine (C=N–C) groups is 1. The Hall–Kier alpha value is -1.67. The summed E-state index contributed by atoms with van der Waals surface area (Å²) in [6.45, 7) is 14.9. The molecule has 7 heteroatoms. The molecule has 1 aromatic carbocycles. The molecule has 0 atom stereocenters. The lowest BCUT2D eigenvalue weighted by molar-refractivity contribution is 0.0487. The standard InChI is InChI=1S/C24H43N5O2/c1-4-6-16-30-18-19-31-17-11-26-24(25-5-2)27-20-22-7-9-23(10-8-22)21-29-14-12-28(3)13-15-29/h7-10H,4-6,11-21H2,1-3H3,(H2,25,26,27). The van der Waals surface area contributed by atoms with E-state index in [1.165, 1.54) is 11.1 Å². The number of benzene rings is 1. The normalized spacial score (nSPS) is 15.9. The molecule has 0 aliphatic carbocycles. The molecule has 0 unspecified atom stereocenters. The zero-order chi connectivity index (χ0) is 22.2. The van der Waals surface area contributed by atoms with Crippen LogP contribution in [0.1, 0.15) is 37.8 Å². The number of likely N-dealkylation sites (N-methyl/N-ethyl adjacent to an activating group) is 1. The third-order valence-electron chi connectivity index (χ3n) is 5.34. The molecule has 0 bridgehead atoms. The molecule has 0 amide bonds. The van der Waals surface area contributed by atoms with E-state index in [-0.39, 0.29) is 0 Å². The Kier molecular flexibility index (Phi) is 13.2. The molecule has 7 nitrogen and oxygen atoms in total. The molecule has 1 heterocycles. The highest BCUT2D eigenvalue weighted by molar-refractivity contribution is 5.79. The summed E-state index contributed by atoms with van der Waals surface area (Å²) in [5, 5.41) is 6.63. The number of piperazine rings is 1. The van der Waals surface area contributed by atoms with Crippen LogP contribution < -0.4 is 10.6 Å². The molecule has 0 aromatic heterocycles. The van der Waals surface area contributed by atoms with Gasteiger partial charge in [-0.15, -0.1) is 0 Å². The van der Waals surface area contributed by atoms with Gasteiger partial charge in [0.15, 0.2) is 5.96 Å². The molecular formula is C24H43N5O2. The third kappa shape index (κ3) is 11.5. The second-order valence-corrected chi connectivity index (χ2v) is 8.10. The van der Waals surface area contributed by atoms with Crippen molar-refractivity contribution in [3.63, 3.8) is 0 Å². The SMILES string of the molecule is CCCCOCCOCCNC(=NCc1ccc(CN2CCN(C)CC2)cc1)NCC. The highest BCUT2D eigenvalue weighted by Gasteiger charge is 2.13. The summed E-state index contributed by atoms with van der Waals surface area (Å²) in [4.78, 5) is 9.62. The number of guanidine groups is 1. The zero-order valence-electron chi connectivity index (χ0n) is 19.9. The molecule has 0 radical (unpaired) electrons. The van der Waals surface area contributed by atoms with E-state index in [9.17, 15) is 0 Å². The van der Waals surface area contributed by atoms with Crippen LogP contribution in [-0.4, -0.2) is 88.5 Å². The fourth-order valence-electron chi connectivity index (χ4n) is 3.34. The van der Waals surface area contributed by atoms with Gasteiger partial charge in [-0.2, -0.15) is 0 Å². The van der Waals surface area contributed by atoms with Crippen LogP contribution in [0.5, 0.6) is 0 Å². The van der Waals surface area contributed by atoms with Gasteiger partial charge in [-0.3, -0.25) is 4.90 Å². The van der Waals surface area contributed by atoms with Gasteiger partial charge in [0.05, 0.1) is 26.4 Å². The molecule has 31 heavy (non-hydrogen) atoms. The van der Waals surface area contributed by atoms with Crippen molar-refractivity contribution in [3.8, 4) is 0 Å². The van der Waals surface area contributed by atoms with Gasteiger partial charge in [0.1, 0.15) is 0 Å². The van der Waals surface area contributed by atoms with Gasteiger partial charge in [0.25, 0.3) is 0 Å². The molecule has 2 N–H and O–H groups in total. The molecule has 1 fully saturated rings. The van der Waals surface area contributed by atoms with E-state index in [0.29, 0.717) is 26.4 Å². The lowest BCUT2D eigenvalue weighted by atomic mass is 10.1. The lowest BCUT2D eigenvalue weighted by Crippen LogP contribution is -2.43. The third-order valence-corrected chi connectivity index (χ3v) is 5.34. The van der Waals surface area contributed by atoms with E-state index in [2.05, 4.69) is 65.6 Å². The van der Waals surface area contributed by atoms with E-state index in [1.54, 1.807) is 0 Å². The Labute approximate surface area is 189 Å². The van der Waals surface area contributed by atoms with Crippen LogP contribution in [-0.2, 0) is 22.6 Å². The van der Waals surface area contributed by atoms with Gasteiger partial charge in [0, 0.05) is 52.4 Å². The summed E-state index contributed by atoms with van der Waals surface area (Å²) in [6, 6.07) is 8.86. The monoisotopic (exact) mass is 433 g/mol. The van der Waals surface area contributed by atoms with E-state index in [1.807, 2.05) is 0 Å². The minimum absolute atomic E-state index is 0.638. The van der Waals surface area contributed by atoms with Gasteiger partial charge in [-0.25, -0.2) is 4.99 Å². The first-order chi connectivity index (χ1) is 15.2. The topological polar surface area (TPSA) is 61.4 Å². The van der Waals surface area contributed by atoms with Crippen molar-refractivity contribution in [3.05, 3.63) is 35.4 Å². The summed E-state index contributed by atoms with van der Waals surface area (Å²) in [7, 11) is 2.20. The van der Waals surface area contributed by atoms with Gasteiger partial charge < -0.3 is 25.0 Å². The van der Waals surface area contributed by atoms with Crippen LogP contribution in [0.4, 0.5) is 0 Å². The van der Waals surface area contributed by atoms with E-state index < -0.39 is 0 Å².